The van der Waals surface area contributed by atoms with E-state index in [1.807, 2.05) is 13.8 Å². The maximum atomic E-state index is 12.2. The van der Waals surface area contributed by atoms with Gasteiger partial charge in [0, 0.05) is 0 Å². The lowest BCUT2D eigenvalue weighted by Gasteiger charge is -2.32. The largest absolute Gasteiger partial charge is 0.461 e. The molecule has 0 aromatic carbocycles. The molecule has 3 rings (SSSR count). The van der Waals surface area contributed by atoms with Gasteiger partial charge in [-0.05, 0) is 50.4 Å². The average molecular weight is 412 g/mol. The van der Waals surface area contributed by atoms with E-state index in [0.717, 1.165) is 25.7 Å². The van der Waals surface area contributed by atoms with Gasteiger partial charge in [-0.3, -0.25) is 4.79 Å². The van der Waals surface area contributed by atoms with Crippen molar-refractivity contribution in [2.45, 2.75) is 60.7 Å². The Bertz CT molecular complexity index is 541. The molecular weight excluding hydrogens is 391 g/mol. The van der Waals surface area contributed by atoms with Crippen LogP contribution in [0.15, 0.2) is 0 Å². The maximum Gasteiger partial charge on any atom is 0.322 e. The number of sulfone groups is 1. The zero-order chi connectivity index (χ0) is 14.8. The second-order valence-corrected chi connectivity index (χ2v) is 11.6. The number of carbonyl (C=O) groups excluding carboxylic acids is 1. The topological polar surface area (TPSA) is 60.4 Å². The highest BCUT2D eigenvalue weighted by Gasteiger charge is 2.64. The number of fused-ring (bicyclic) bond motifs is 1. The van der Waals surface area contributed by atoms with Crippen molar-refractivity contribution >= 4 is 38.4 Å². The van der Waals surface area contributed by atoms with Crippen LogP contribution in [0.25, 0.3) is 0 Å². The predicted octanol–water partition coefficient (Wildman–Crippen LogP) is 2.49. The first-order valence-electron chi connectivity index (χ1n) is 7.32. The van der Waals surface area contributed by atoms with Crippen LogP contribution in [0, 0.1) is 11.3 Å². The molecule has 2 saturated carbocycles. The van der Waals surface area contributed by atoms with Crippen LogP contribution in [0.2, 0.25) is 0 Å². The monoisotopic (exact) mass is 412 g/mol. The van der Waals surface area contributed by atoms with Gasteiger partial charge >= 0.3 is 5.97 Å². The number of halogens is 1. The van der Waals surface area contributed by atoms with Gasteiger partial charge < -0.3 is 4.74 Å². The van der Waals surface area contributed by atoms with Crippen LogP contribution in [0.1, 0.15) is 46.0 Å². The maximum absolute atomic E-state index is 12.2. The summed E-state index contributed by atoms with van der Waals surface area (Å²) >= 11 is 2.15. The molecule has 6 heteroatoms. The van der Waals surface area contributed by atoms with Crippen LogP contribution in [0.3, 0.4) is 0 Å². The zero-order valence-corrected chi connectivity index (χ0v) is 14.9. The summed E-state index contributed by atoms with van der Waals surface area (Å²) in [6.45, 7) is 3.87. The molecule has 1 saturated heterocycles. The number of hydrogen-bond acceptors (Lipinski definition) is 4. The van der Waals surface area contributed by atoms with Gasteiger partial charge in [0.15, 0.2) is 9.84 Å². The Morgan fingerprint density at radius 2 is 2.15 bits per heavy atom. The minimum atomic E-state index is -2.89. The average Bonchev–Trinajstić information content (AvgIpc) is 2.98. The van der Waals surface area contributed by atoms with E-state index in [1.54, 1.807) is 0 Å². The minimum Gasteiger partial charge on any atom is -0.461 e. The van der Waals surface area contributed by atoms with Crippen molar-refractivity contribution in [3.05, 3.63) is 0 Å². The fourth-order valence-corrected chi connectivity index (χ4v) is 6.97. The highest BCUT2D eigenvalue weighted by molar-refractivity contribution is 14.1. The number of hydrogen-bond donors (Lipinski definition) is 0. The van der Waals surface area contributed by atoms with Crippen LogP contribution >= 0.6 is 22.6 Å². The van der Waals surface area contributed by atoms with Crippen molar-refractivity contribution in [2.24, 2.45) is 11.3 Å². The fourth-order valence-electron chi connectivity index (χ4n) is 4.25. The first kappa shape index (κ1) is 15.1. The Morgan fingerprint density at radius 1 is 1.45 bits per heavy atom. The van der Waals surface area contributed by atoms with Crippen molar-refractivity contribution < 1.29 is 17.9 Å². The Labute approximate surface area is 134 Å². The molecule has 0 aromatic heterocycles. The number of carbonyl (C=O) groups is 1. The summed E-state index contributed by atoms with van der Waals surface area (Å²) < 4.78 is 29.4. The molecule has 1 heterocycles. The summed E-state index contributed by atoms with van der Waals surface area (Å²) in [6, 6.07) is 0. The van der Waals surface area contributed by atoms with Crippen molar-refractivity contribution in [2.75, 3.05) is 5.75 Å². The molecule has 3 aliphatic rings. The first-order chi connectivity index (χ1) is 9.20. The molecule has 4 nitrogen and oxygen atoms in total. The third kappa shape index (κ3) is 2.12. The SMILES string of the molecule is CCC(C)(I)C(=O)OC1CC23CCS(=O)(=O)C2CC1C3. The molecule has 1 spiro atoms. The van der Waals surface area contributed by atoms with E-state index in [4.69, 9.17) is 4.74 Å². The molecule has 2 bridgehead atoms. The van der Waals surface area contributed by atoms with Crippen LogP contribution in [0.4, 0.5) is 0 Å². The molecule has 5 atom stereocenters. The third-order valence-corrected chi connectivity index (χ3v) is 9.20. The van der Waals surface area contributed by atoms with E-state index < -0.39 is 13.3 Å². The molecule has 2 aliphatic carbocycles. The summed E-state index contributed by atoms with van der Waals surface area (Å²) in [5, 5.41) is -0.160. The Balaban J connectivity index is 1.72. The van der Waals surface area contributed by atoms with Crippen LogP contribution in [-0.4, -0.2) is 34.9 Å². The molecule has 0 aromatic rings. The van der Waals surface area contributed by atoms with Gasteiger partial charge in [0.05, 0.1) is 11.0 Å². The van der Waals surface area contributed by atoms with E-state index in [1.165, 1.54) is 0 Å². The zero-order valence-electron chi connectivity index (χ0n) is 11.9. The van der Waals surface area contributed by atoms with Gasteiger partial charge in [-0.15, -0.1) is 0 Å². The van der Waals surface area contributed by atoms with E-state index in [9.17, 15) is 13.2 Å². The van der Waals surface area contributed by atoms with E-state index in [2.05, 4.69) is 22.6 Å². The third-order valence-electron chi connectivity index (χ3n) is 5.67. The molecule has 0 N–H and O–H groups in total. The van der Waals surface area contributed by atoms with E-state index >= 15 is 0 Å². The molecule has 5 unspecified atom stereocenters. The lowest BCUT2D eigenvalue weighted by atomic mass is 9.81. The first-order valence-corrected chi connectivity index (χ1v) is 10.1. The quantitative estimate of drug-likeness (QED) is 0.406. The number of esters is 1. The second-order valence-electron chi connectivity index (χ2n) is 6.87. The highest BCUT2D eigenvalue weighted by Crippen LogP contribution is 2.62. The van der Waals surface area contributed by atoms with Gasteiger partial charge in [-0.2, -0.15) is 0 Å². The van der Waals surface area contributed by atoms with Gasteiger partial charge in [-0.25, -0.2) is 8.42 Å². The lowest BCUT2D eigenvalue weighted by Crippen LogP contribution is -2.39. The van der Waals surface area contributed by atoms with Crippen molar-refractivity contribution in [3.8, 4) is 0 Å². The van der Waals surface area contributed by atoms with Crippen LogP contribution < -0.4 is 0 Å². The minimum absolute atomic E-state index is 0.0623. The predicted molar refractivity (Wildman–Crippen MR) is 84.6 cm³/mol. The Morgan fingerprint density at radius 3 is 2.80 bits per heavy atom. The molecule has 0 amide bonds. The van der Waals surface area contributed by atoms with Gasteiger partial charge in [0.25, 0.3) is 0 Å². The molecule has 0 radical (unpaired) electrons. The second kappa shape index (κ2) is 4.57. The molecule has 3 fully saturated rings. The summed E-state index contributed by atoms with van der Waals surface area (Å²) in [5.41, 5.74) is -0.0810. The number of ether oxygens (including phenoxy) is 1. The summed E-state index contributed by atoms with van der Waals surface area (Å²) in [6.07, 6.45) is 3.83. The van der Waals surface area contributed by atoms with Crippen molar-refractivity contribution in [1.29, 1.82) is 0 Å². The van der Waals surface area contributed by atoms with E-state index in [0.29, 0.717) is 12.2 Å². The number of rotatable bonds is 3. The van der Waals surface area contributed by atoms with Crippen LogP contribution in [-0.2, 0) is 19.4 Å². The fraction of sp³-hybridized carbons (Fsp3) is 0.929. The number of alkyl halides is 1. The standard InChI is InChI=1S/C14H21IO4S/c1-3-13(2,15)12(16)19-10-8-14-4-5-20(17,18)11(14)6-9(10)7-14/h9-11H,3-8H2,1-2H3. The normalized spacial score (nSPS) is 44.0. The van der Waals surface area contributed by atoms with Gasteiger partial charge in [-0.1, -0.05) is 29.5 Å². The molecule has 20 heavy (non-hydrogen) atoms. The summed E-state index contributed by atoms with van der Waals surface area (Å²) in [4.78, 5) is 12.2. The lowest BCUT2D eigenvalue weighted by molar-refractivity contribution is -0.153. The smallest absolute Gasteiger partial charge is 0.322 e. The van der Waals surface area contributed by atoms with Crippen LogP contribution in [0.5, 0.6) is 0 Å². The van der Waals surface area contributed by atoms with Crippen molar-refractivity contribution in [3.63, 3.8) is 0 Å². The molecule has 1 aliphatic heterocycles. The molecular formula is C14H21IO4S. The van der Waals surface area contributed by atoms with Crippen molar-refractivity contribution in [1.82, 2.24) is 0 Å². The van der Waals surface area contributed by atoms with E-state index in [-0.39, 0.29) is 28.7 Å². The Hall–Kier alpha value is 0.150. The van der Waals surface area contributed by atoms with Gasteiger partial charge in [0.2, 0.25) is 0 Å². The Kier molecular flexibility index (Phi) is 3.44. The highest BCUT2D eigenvalue weighted by atomic mass is 127. The summed E-state index contributed by atoms with van der Waals surface area (Å²) in [7, 11) is -2.89. The summed E-state index contributed by atoms with van der Waals surface area (Å²) in [5.74, 6) is 0.430. The van der Waals surface area contributed by atoms with Gasteiger partial charge in [0.1, 0.15) is 9.53 Å². The molecule has 114 valence electrons.